The lowest BCUT2D eigenvalue weighted by Gasteiger charge is -2.49. The number of rotatable bonds is 5. The molecule has 0 aromatic heterocycles. The van der Waals surface area contributed by atoms with Crippen molar-refractivity contribution in [3.05, 3.63) is 0 Å². The van der Waals surface area contributed by atoms with Crippen molar-refractivity contribution in [1.29, 1.82) is 0 Å². The van der Waals surface area contributed by atoms with Gasteiger partial charge in [-0.15, -0.1) is 0 Å². The van der Waals surface area contributed by atoms with Crippen molar-refractivity contribution in [3.8, 4) is 0 Å². The monoisotopic (exact) mass is 288 g/mol. The molecule has 0 radical (unpaired) electrons. The smallest absolute Gasteiger partial charge is 0.244 e. The molecule has 2 rings (SSSR count). The van der Waals surface area contributed by atoms with E-state index in [1.165, 1.54) is 12.8 Å². The fourth-order valence-corrected chi connectivity index (χ4v) is 4.78. The average Bonchev–Trinajstić information content (AvgIpc) is 2.49. The van der Waals surface area contributed by atoms with Gasteiger partial charge in [0.2, 0.25) is 6.43 Å². The van der Waals surface area contributed by atoms with Crippen LogP contribution in [0, 0.1) is 17.8 Å². The number of hydrogen-bond donors (Lipinski definition) is 1. The Bertz CT molecular complexity index is 263. The maximum Gasteiger partial charge on any atom is 0.244 e. The van der Waals surface area contributed by atoms with Gasteiger partial charge >= 0.3 is 0 Å². The van der Waals surface area contributed by atoms with E-state index in [4.69, 9.17) is 0 Å². The molecule has 0 saturated heterocycles. The Morgan fingerprint density at radius 1 is 0.900 bits per heavy atom. The minimum atomic E-state index is -2.39. The molecule has 0 heterocycles. The van der Waals surface area contributed by atoms with Crippen molar-refractivity contribution in [2.24, 2.45) is 17.8 Å². The highest BCUT2D eigenvalue weighted by atomic mass is 19.3. The second-order valence-electron chi connectivity index (χ2n) is 6.91. The van der Waals surface area contributed by atoms with Gasteiger partial charge in [0, 0.05) is 5.92 Å². The summed E-state index contributed by atoms with van der Waals surface area (Å²) in [7, 11) is 0. The molecule has 1 nitrogen and oxygen atoms in total. The maximum atomic E-state index is 13.5. The Kier molecular flexibility index (Phi) is 5.83. The normalized spacial score (nSPS) is 25.1. The Hall–Kier alpha value is -0.180. The number of aliphatic hydroxyl groups is 1. The molecule has 2 aliphatic rings. The first-order chi connectivity index (χ1) is 9.60. The largest absolute Gasteiger partial charge is 0.389 e. The Morgan fingerprint density at radius 3 is 1.60 bits per heavy atom. The highest BCUT2D eigenvalue weighted by Crippen LogP contribution is 2.49. The van der Waals surface area contributed by atoms with Gasteiger partial charge in [-0.2, -0.15) is 0 Å². The SMILES string of the molecule is CCC(C(F)F)C(O)(C1CCCCC1)C1CCCCC1. The third kappa shape index (κ3) is 3.18. The zero-order chi connectivity index (χ0) is 14.6. The predicted octanol–water partition coefficient (Wildman–Crippen LogP) is 5.17. The third-order valence-corrected chi connectivity index (χ3v) is 5.86. The summed E-state index contributed by atoms with van der Waals surface area (Å²) in [6.07, 6.45) is 8.54. The van der Waals surface area contributed by atoms with Crippen LogP contribution in [0.5, 0.6) is 0 Å². The first kappa shape index (κ1) is 16.2. The van der Waals surface area contributed by atoms with Crippen molar-refractivity contribution in [2.45, 2.75) is 89.6 Å². The highest BCUT2D eigenvalue weighted by molar-refractivity contribution is 4.99. The topological polar surface area (TPSA) is 20.2 Å². The fourth-order valence-electron chi connectivity index (χ4n) is 4.78. The average molecular weight is 288 g/mol. The number of alkyl halides is 2. The van der Waals surface area contributed by atoms with E-state index < -0.39 is 17.9 Å². The van der Waals surface area contributed by atoms with Crippen LogP contribution < -0.4 is 0 Å². The second-order valence-corrected chi connectivity index (χ2v) is 6.91. The summed E-state index contributed by atoms with van der Waals surface area (Å²) >= 11 is 0. The lowest BCUT2D eigenvalue weighted by molar-refractivity contribution is -0.169. The molecule has 0 aromatic carbocycles. The Morgan fingerprint density at radius 2 is 1.30 bits per heavy atom. The van der Waals surface area contributed by atoms with Crippen molar-refractivity contribution in [2.75, 3.05) is 0 Å². The van der Waals surface area contributed by atoms with Gasteiger partial charge in [0.1, 0.15) is 0 Å². The van der Waals surface area contributed by atoms with Crippen LogP contribution in [0.1, 0.15) is 77.6 Å². The lowest BCUT2D eigenvalue weighted by Crippen LogP contribution is -2.54. The Balaban J connectivity index is 2.24. The molecule has 20 heavy (non-hydrogen) atoms. The minimum absolute atomic E-state index is 0.0956. The van der Waals surface area contributed by atoms with Gasteiger partial charge in [-0.3, -0.25) is 0 Å². The van der Waals surface area contributed by atoms with Crippen LogP contribution in [0.25, 0.3) is 0 Å². The predicted molar refractivity (Wildman–Crippen MR) is 77.9 cm³/mol. The van der Waals surface area contributed by atoms with Crippen molar-refractivity contribution in [3.63, 3.8) is 0 Å². The maximum absolute atomic E-state index is 13.5. The van der Waals surface area contributed by atoms with Gasteiger partial charge in [0.05, 0.1) is 5.60 Å². The van der Waals surface area contributed by atoms with Crippen molar-refractivity contribution < 1.29 is 13.9 Å². The first-order valence-corrected chi connectivity index (χ1v) is 8.61. The van der Waals surface area contributed by atoms with E-state index in [0.29, 0.717) is 6.42 Å². The molecule has 2 aliphatic carbocycles. The van der Waals surface area contributed by atoms with Crippen LogP contribution >= 0.6 is 0 Å². The molecule has 0 aromatic rings. The molecule has 0 amide bonds. The van der Waals surface area contributed by atoms with E-state index in [2.05, 4.69) is 0 Å². The molecule has 0 bridgehead atoms. The van der Waals surface area contributed by atoms with E-state index in [1.807, 2.05) is 6.92 Å². The quantitative estimate of drug-likeness (QED) is 0.740. The lowest BCUT2D eigenvalue weighted by atomic mass is 9.60. The summed E-state index contributed by atoms with van der Waals surface area (Å²) in [6, 6.07) is 0. The molecule has 0 spiro atoms. The second kappa shape index (κ2) is 7.20. The van der Waals surface area contributed by atoms with Gasteiger partial charge in [-0.05, 0) is 43.9 Å². The van der Waals surface area contributed by atoms with Gasteiger partial charge in [0.25, 0.3) is 0 Å². The van der Waals surface area contributed by atoms with Crippen LogP contribution in [0.15, 0.2) is 0 Å². The first-order valence-electron chi connectivity index (χ1n) is 8.61. The molecule has 1 N–H and O–H groups in total. The van der Waals surface area contributed by atoms with Gasteiger partial charge in [0.15, 0.2) is 0 Å². The molecule has 2 fully saturated rings. The minimum Gasteiger partial charge on any atom is -0.389 e. The van der Waals surface area contributed by atoms with E-state index in [0.717, 1.165) is 51.4 Å². The zero-order valence-electron chi connectivity index (χ0n) is 12.8. The molecule has 118 valence electrons. The highest BCUT2D eigenvalue weighted by Gasteiger charge is 2.51. The Labute approximate surface area is 122 Å². The number of hydrogen-bond acceptors (Lipinski definition) is 1. The third-order valence-electron chi connectivity index (χ3n) is 5.86. The van der Waals surface area contributed by atoms with Crippen molar-refractivity contribution >= 4 is 0 Å². The molecule has 0 aliphatic heterocycles. The van der Waals surface area contributed by atoms with Crippen LogP contribution in [-0.4, -0.2) is 17.1 Å². The molecule has 1 atom stereocenters. The zero-order valence-corrected chi connectivity index (χ0v) is 12.8. The standard InChI is InChI=1S/C17H30F2O/c1-2-15(16(18)19)17(20,13-9-5-3-6-10-13)14-11-7-4-8-12-14/h13-16,20H,2-12H2,1H3. The van der Waals surface area contributed by atoms with E-state index in [9.17, 15) is 13.9 Å². The molecule has 2 saturated carbocycles. The van der Waals surface area contributed by atoms with Crippen LogP contribution in [0.2, 0.25) is 0 Å². The van der Waals surface area contributed by atoms with Crippen molar-refractivity contribution in [1.82, 2.24) is 0 Å². The summed E-state index contributed by atoms with van der Waals surface area (Å²) in [5, 5.41) is 11.4. The molecule has 3 heteroatoms. The summed E-state index contributed by atoms with van der Waals surface area (Å²) in [5.41, 5.74) is -1.12. The van der Waals surface area contributed by atoms with Crippen LogP contribution in [-0.2, 0) is 0 Å². The summed E-state index contributed by atoms with van der Waals surface area (Å²) in [6.45, 7) is 1.81. The van der Waals surface area contributed by atoms with Crippen LogP contribution in [0.3, 0.4) is 0 Å². The van der Waals surface area contributed by atoms with Crippen LogP contribution in [0.4, 0.5) is 8.78 Å². The summed E-state index contributed by atoms with van der Waals surface area (Å²) < 4.78 is 27.1. The van der Waals surface area contributed by atoms with Gasteiger partial charge in [-0.25, -0.2) is 8.78 Å². The van der Waals surface area contributed by atoms with E-state index >= 15 is 0 Å². The summed E-state index contributed by atoms with van der Waals surface area (Å²) in [5.74, 6) is -0.648. The molecular formula is C17H30F2O. The van der Waals surface area contributed by atoms with E-state index in [-0.39, 0.29) is 11.8 Å². The molecular weight excluding hydrogens is 258 g/mol. The molecule has 1 unspecified atom stereocenters. The summed E-state index contributed by atoms with van der Waals surface area (Å²) in [4.78, 5) is 0. The number of halogens is 2. The van der Waals surface area contributed by atoms with E-state index in [1.54, 1.807) is 0 Å². The fraction of sp³-hybridized carbons (Fsp3) is 1.00. The van der Waals surface area contributed by atoms with Gasteiger partial charge in [-0.1, -0.05) is 45.4 Å². The van der Waals surface area contributed by atoms with Gasteiger partial charge < -0.3 is 5.11 Å².